The van der Waals surface area contributed by atoms with Gasteiger partial charge in [-0.1, -0.05) is 45.0 Å². The van der Waals surface area contributed by atoms with Crippen LogP contribution in [0.1, 0.15) is 142 Å². The summed E-state index contributed by atoms with van der Waals surface area (Å²) in [4.78, 5) is 17.1. The van der Waals surface area contributed by atoms with Crippen molar-refractivity contribution in [1.82, 2.24) is 15.0 Å². The zero-order valence-corrected chi connectivity index (χ0v) is 37.8. The normalized spacial score (nSPS) is 22.2. The Hall–Kier alpha value is -4.40. The summed E-state index contributed by atoms with van der Waals surface area (Å²) in [5.41, 5.74) is 5.25. The highest BCUT2D eigenvalue weighted by atomic mass is 19.4. The SMILES string of the molecule is COc1ccc(CO[C@H]2CC(C)(C)Cc3nc(C4CCN(c5ncc(OCC6(C)COC(C)(C)OC6)cn5)CC4)c(Cc4ccc(C(F)(F)F)cc4)c(C4CCC(F)(F)CC4)c32)cc1. The van der Waals surface area contributed by atoms with Crippen LogP contribution >= 0.6 is 0 Å². The molecule has 2 aromatic heterocycles. The molecule has 8 rings (SSSR count). The van der Waals surface area contributed by atoms with Crippen LogP contribution in [0.15, 0.2) is 60.9 Å². The van der Waals surface area contributed by atoms with Crippen LogP contribution in [0.3, 0.4) is 0 Å². The molecule has 0 radical (unpaired) electrons. The fraction of sp³-hybridized carbons (Fsp3) is 0.580. The van der Waals surface area contributed by atoms with Gasteiger partial charge in [0.05, 0.1) is 57.6 Å². The van der Waals surface area contributed by atoms with Crippen LogP contribution in [-0.2, 0) is 39.8 Å². The minimum atomic E-state index is -4.47. The minimum Gasteiger partial charge on any atom is -0.497 e. The van der Waals surface area contributed by atoms with Crippen LogP contribution in [0.25, 0.3) is 0 Å². The van der Waals surface area contributed by atoms with Gasteiger partial charge >= 0.3 is 6.18 Å². The summed E-state index contributed by atoms with van der Waals surface area (Å²) in [6, 6.07) is 13.1. The van der Waals surface area contributed by atoms with Crippen molar-refractivity contribution in [2.24, 2.45) is 10.8 Å². The maximum atomic E-state index is 14.9. The molecular weight excluding hydrogens is 832 g/mol. The number of fused-ring (bicyclic) bond motifs is 1. The maximum Gasteiger partial charge on any atom is 0.416 e. The summed E-state index contributed by atoms with van der Waals surface area (Å²) >= 11 is 0. The molecule has 1 atom stereocenters. The third-order valence-corrected chi connectivity index (χ3v) is 13.5. The minimum absolute atomic E-state index is 0.00625. The largest absolute Gasteiger partial charge is 0.497 e. The fourth-order valence-corrected chi connectivity index (χ4v) is 9.77. The summed E-state index contributed by atoms with van der Waals surface area (Å²) in [5.74, 6) is -1.66. The van der Waals surface area contributed by atoms with Crippen molar-refractivity contribution in [2.75, 3.05) is 44.9 Å². The van der Waals surface area contributed by atoms with Crippen molar-refractivity contribution in [1.29, 1.82) is 0 Å². The van der Waals surface area contributed by atoms with E-state index in [1.807, 2.05) is 38.1 Å². The lowest BCUT2D eigenvalue weighted by Crippen LogP contribution is -2.47. The molecule has 2 aliphatic heterocycles. The first-order valence-corrected chi connectivity index (χ1v) is 22.6. The Bertz CT molecular complexity index is 2210. The van der Waals surface area contributed by atoms with Crippen LogP contribution in [0.5, 0.6) is 11.5 Å². The number of methoxy groups -OCH3 is 1. The zero-order valence-electron chi connectivity index (χ0n) is 37.8. The quantitative estimate of drug-likeness (QED) is 0.129. The number of rotatable bonds is 12. The second-order valence-electron chi connectivity index (χ2n) is 20.0. The lowest BCUT2D eigenvalue weighted by molar-refractivity contribution is -0.285. The van der Waals surface area contributed by atoms with E-state index in [4.69, 9.17) is 28.7 Å². The molecule has 4 heterocycles. The zero-order chi connectivity index (χ0) is 45.5. The van der Waals surface area contributed by atoms with Gasteiger partial charge in [0.25, 0.3) is 0 Å². The van der Waals surface area contributed by atoms with Gasteiger partial charge in [0.15, 0.2) is 11.5 Å². The van der Waals surface area contributed by atoms with Gasteiger partial charge in [-0.25, -0.2) is 18.7 Å². The van der Waals surface area contributed by atoms with E-state index in [9.17, 15) is 22.0 Å². The van der Waals surface area contributed by atoms with Gasteiger partial charge in [-0.2, -0.15) is 13.2 Å². The van der Waals surface area contributed by atoms with E-state index >= 15 is 0 Å². The van der Waals surface area contributed by atoms with Gasteiger partial charge in [0, 0.05) is 54.2 Å². The van der Waals surface area contributed by atoms with Crippen LogP contribution in [-0.4, -0.2) is 66.7 Å². The predicted molar refractivity (Wildman–Crippen MR) is 233 cm³/mol. The number of ether oxygens (including phenoxy) is 5. The third-order valence-electron chi connectivity index (χ3n) is 13.5. The standard InChI is InChI=1S/C50H61F5N4O5/c1-46(2)24-40-43(41(25-46)61-28-33-9-13-37(60-6)14-10-33)42(34-15-19-49(51,52)20-16-34)39(23-32-7-11-36(12-8-32)50(53,54)55)44(58-40)35-17-21-59(22-18-35)45-56-26-38(27-57-45)62-29-48(5)30-63-47(3,4)64-31-48/h7-14,26-27,34-35,41H,15-25,28-31H2,1-6H3/t41-/m0/s1. The van der Waals surface area contributed by atoms with E-state index in [-0.39, 0.29) is 41.6 Å². The molecule has 14 heteroatoms. The number of pyridine rings is 1. The number of alkyl halides is 5. The molecule has 0 unspecified atom stereocenters. The average molecular weight is 893 g/mol. The molecule has 9 nitrogen and oxygen atoms in total. The Labute approximate surface area is 373 Å². The van der Waals surface area contributed by atoms with Crippen LogP contribution in [0, 0.1) is 10.8 Å². The number of aromatic nitrogens is 3. The Kier molecular flexibility index (Phi) is 13.1. The van der Waals surface area contributed by atoms with Crippen molar-refractivity contribution in [3.05, 3.63) is 106 Å². The Balaban J connectivity index is 1.11. The molecule has 0 bridgehead atoms. The Morgan fingerprint density at radius 3 is 2.02 bits per heavy atom. The molecule has 1 saturated carbocycles. The van der Waals surface area contributed by atoms with Crippen molar-refractivity contribution in [3.8, 4) is 11.5 Å². The van der Waals surface area contributed by atoms with E-state index < -0.39 is 23.4 Å². The van der Waals surface area contributed by atoms with Crippen LogP contribution in [0.2, 0.25) is 0 Å². The highest BCUT2D eigenvalue weighted by Gasteiger charge is 2.43. The average Bonchev–Trinajstić information content (AvgIpc) is 3.26. The van der Waals surface area contributed by atoms with E-state index in [0.29, 0.717) is 88.9 Å². The maximum absolute atomic E-state index is 14.9. The Morgan fingerprint density at radius 1 is 0.781 bits per heavy atom. The van der Waals surface area contributed by atoms with Crippen LogP contribution < -0.4 is 14.4 Å². The number of nitrogens with zero attached hydrogens (tertiary/aromatic N) is 4. The molecule has 64 heavy (non-hydrogen) atoms. The van der Waals surface area contributed by atoms with Gasteiger partial charge in [0.2, 0.25) is 11.9 Å². The fourth-order valence-electron chi connectivity index (χ4n) is 9.77. The number of benzene rings is 2. The summed E-state index contributed by atoms with van der Waals surface area (Å²) in [5, 5.41) is 0. The first-order chi connectivity index (χ1) is 30.3. The number of halogens is 5. The lowest BCUT2D eigenvalue weighted by atomic mass is 9.68. The van der Waals surface area contributed by atoms with Gasteiger partial charge in [-0.3, -0.25) is 4.98 Å². The molecule has 4 aliphatic rings. The molecule has 2 aromatic carbocycles. The lowest BCUT2D eigenvalue weighted by Gasteiger charge is -2.42. The number of anilines is 1. The van der Waals surface area contributed by atoms with E-state index in [2.05, 4.69) is 35.6 Å². The molecule has 2 aliphatic carbocycles. The smallest absolute Gasteiger partial charge is 0.416 e. The highest BCUT2D eigenvalue weighted by Crippen LogP contribution is 2.52. The molecule has 0 spiro atoms. The van der Waals surface area contributed by atoms with Crippen LogP contribution in [0.4, 0.5) is 27.9 Å². The molecule has 2 saturated heterocycles. The van der Waals surface area contributed by atoms with Gasteiger partial charge < -0.3 is 28.6 Å². The monoisotopic (exact) mass is 892 g/mol. The molecule has 346 valence electrons. The molecular formula is C50H61F5N4O5. The van der Waals surface area contributed by atoms with Gasteiger partial charge in [0.1, 0.15) is 5.75 Å². The second-order valence-corrected chi connectivity index (χ2v) is 20.0. The summed E-state index contributed by atoms with van der Waals surface area (Å²) in [7, 11) is 1.62. The number of hydrogen-bond donors (Lipinski definition) is 0. The van der Waals surface area contributed by atoms with E-state index in [1.54, 1.807) is 19.5 Å². The molecule has 4 aromatic rings. The van der Waals surface area contributed by atoms with Gasteiger partial charge in [-0.05, 0) is 117 Å². The van der Waals surface area contributed by atoms with E-state index in [0.717, 1.165) is 64.4 Å². The predicted octanol–water partition coefficient (Wildman–Crippen LogP) is 11.6. The number of piperidine rings is 1. The molecule has 0 amide bonds. The van der Waals surface area contributed by atoms with E-state index in [1.165, 1.54) is 12.1 Å². The summed E-state index contributed by atoms with van der Waals surface area (Å²) in [6.07, 6.45) is 1.85. The van der Waals surface area contributed by atoms with Crippen molar-refractivity contribution in [2.45, 2.75) is 135 Å². The first kappa shape index (κ1) is 46.1. The van der Waals surface area contributed by atoms with Crippen molar-refractivity contribution >= 4 is 5.95 Å². The van der Waals surface area contributed by atoms with Gasteiger partial charge in [-0.15, -0.1) is 0 Å². The Morgan fingerprint density at radius 2 is 1.41 bits per heavy atom. The molecule has 0 N–H and O–H groups in total. The first-order valence-electron chi connectivity index (χ1n) is 22.6. The molecule has 3 fully saturated rings. The topological polar surface area (TPSA) is 88.1 Å². The second kappa shape index (κ2) is 18.1. The van der Waals surface area contributed by atoms with Crippen molar-refractivity contribution in [3.63, 3.8) is 0 Å². The van der Waals surface area contributed by atoms with Crippen molar-refractivity contribution < 1.29 is 45.6 Å². The summed E-state index contributed by atoms with van der Waals surface area (Å²) < 4.78 is 101. The number of hydrogen-bond acceptors (Lipinski definition) is 9. The highest BCUT2D eigenvalue weighted by molar-refractivity contribution is 5.50. The third kappa shape index (κ3) is 10.8. The summed E-state index contributed by atoms with van der Waals surface area (Å²) in [6.45, 7) is 13.3.